The van der Waals surface area contributed by atoms with Crippen molar-refractivity contribution in [3.8, 4) is 0 Å². The Balaban J connectivity index is 1.72. The van der Waals surface area contributed by atoms with Gasteiger partial charge >= 0.3 is 0 Å². The number of nitrogens with one attached hydrogen (secondary N) is 2. The molecule has 0 bridgehead atoms. The Bertz CT molecular complexity index is 267. The molecule has 1 saturated carbocycles. The molecule has 98 valence electrons. The van der Waals surface area contributed by atoms with E-state index in [2.05, 4.69) is 20.6 Å². The summed E-state index contributed by atoms with van der Waals surface area (Å²) in [6, 6.07) is 1.31. The van der Waals surface area contributed by atoms with E-state index in [0.29, 0.717) is 25.2 Å². The lowest BCUT2D eigenvalue weighted by Crippen LogP contribution is -2.47. The van der Waals surface area contributed by atoms with E-state index in [-0.39, 0.29) is 0 Å². The summed E-state index contributed by atoms with van der Waals surface area (Å²) in [5, 5.41) is 3.35. The molecule has 0 aromatic heterocycles. The van der Waals surface area contributed by atoms with E-state index in [1.54, 1.807) is 7.11 Å². The van der Waals surface area contributed by atoms with Crippen molar-refractivity contribution in [2.45, 2.75) is 31.3 Å². The first-order chi connectivity index (χ1) is 8.33. The highest BCUT2D eigenvalue weighted by Gasteiger charge is 2.34. The molecule has 1 unspecified atom stereocenters. The van der Waals surface area contributed by atoms with E-state index < -0.39 is 0 Å². The highest BCUT2D eigenvalue weighted by molar-refractivity contribution is 5.79. The molecule has 6 nitrogen and oxygen atoms in total. The third-order valence-corrected chi connectivity index (χ3v) is 3.33. The highest BCUT2D eigenvalue weighted by atomic mass is 16.5. The Labute approximate surface area is 103 Å². The van der Waals surface area contributed by atoms with Gasteiger partial charge < -0.3 is 10.1 Å². The Hall–Kier alpha value is -0.850. The second-order valence-corrected chi connectivity index (χ2v) is 4.72. The average Bonchev–Trinajstić information content (AvgIpc) is 3.09. The van der Waals surface area contributed by atoms with Crippen LogP contribution in [0.1, 0.15) is 19.3 Å². The van der Waals surface area contributed by atoms with Gasteiger partial charge in [0.1, 0.15) is 0 Å². The average molecular weight is 241 g/mol. The third kappa shape index (κ3) is 3.83. The van der Waals surface area contributed by atoms with Gasteiger partial charge in [0.05, 0.1) is 13.2 Å². The number of aliphatic imine (C=N–C) groups is 1. The van der Waals surface area contributed by atoms with Crippen LogP contribution in [0, 0.1) is 0 Å². The SMILES string of the molecule is COCCN=C(NN)NC1CCN(C2CC2)C1. The molecular weight excluding hydrogens is 218 g/mol. The first-order valence-corrected chi connectivity index (χ1v) is 6.34. The Morgan fingerprint density at radius 3 is 2.94 bits per heavy atom. The molecule has 17 heavy (non-hydrogen) atoms. The molecule has 1 aliphatic heterocycles. The van der Waals surface area contributed by atoms with Crippen LogP contribution in [0.5, 0.6) is 0 Å². The summed E-state index contributed by atoms with van der Waals surface area (Å²) in [5.74, 6) is 6.11. The molecule has 0 aromatic rings. The van der Waals surface area contributed by atoms with Crippen LogP contribution in [0.15, 0.2) is 4.99 Å². The summed E-state index contributed by atoms with van der Waals surface area (Å²) in [6.45, 7) is 3.54. The van der Waals surface area contributed by atoms with Gasteiger partial charge in [0, 0.05) is 32.3 Å². The number of nitrogens with zero attached hydrogens (tertiary/aromatic N) is 2. The van der Waals surface area contributed by atoms with Crippen molar-refractivity contribution in [3.63, 3.8) is 0 Å². The number of rotatable bonds is 5. The maximum atomic E-state index is 5.44. The van der Waals surface area contributed by atoms with E-state index in [1.165, 1.54) is 25.8 Å². The van der Waals surface area contributed by atoms with Crippen molar-refractivity contribution in [3.05, 3.63) is 0 Å². The fourth-order valence-corrected chi connectivity index (χ4v) is 2.25. The van der Waals surface area contributed by atoms with Crippen LogP contribution in [0.4, 0.5) is 0 Å². The first kappa shape index (κ1) is 12.6. The highest BCUT2D eigenvalue weighted by Crippen LogP contribution is 2.29. The molecule has 0 aromatic carbocycles. The molecule has 4 N–H and O–H groups in total. The smallest absolute Gasteiger partial charge is 0.206 e. The molecule has 2 fully saturated rings. The maximum Gasteiger partial charge on any atom is 0.206 e. The number of methoxy groups -OCH3 is 1. The van der Waals surface area contributed by atoms with Crippen molar-refractivity contribution in [1.29, 1.82) is 0 Å². The lowest BCUT2D eigenvalue weighted by molar-refractivity contribution is 0.208. The molecular formula is C11H23N5O. The second-order valence-electron chi connectivity index (χ2n) is 4.72. The zero-order valence-corrected chi connectivity index (χ0v) is 10.5. The Kier molecular flexibility index (Phi) is 4.58. The van der Waals surface area contributed by atoms with Gasteiger partial charge in [-0.1, -0.05) is 0 Å². The minimum Gasteiger partial charge on any atom is -0.383 e. The van der Waals surface area contributed by atoms with E-state index in [0.717, 1.165) is 12.6 Å². The predicted molar refractivity (Wildman–Crippen MR) is 67.6 cm³/mol. The second kappa shape index (κ2) is 6.18. The molecule has 0 spiro atoms. The van der Waals surface area contributed by atoms with Gasteiger partial charge in [-0.15, -0.1) is 0 Å². The third-order valence-electron chi connectivity index (χ3n) is 3.33. The van der Waals surface area contributed by atoms with Gasteiger partial charge in [0.25, 0.3) is 0 Å². The lowest BCUT2D eigenvalue weighted by Gasteiger charge is -2.17. The van der Waals surface area contributed by atoms with Crippen LogP contribution in [0.25, 0.3) is 0 Å². The van der Waals surface area contributed by atoms with Crippen LogP contribution in [0.3, 0.4) is 0 Å². The zero-order valence-electron chi connectivity index (χ0n) is 10.5. The fraction of sp³-hybridized carbons (Fsp3) is 0.909. The number of hydrogen-bond acceptors (Lipinski definition) is 4. The summed E-state index contributed by atoms with van der Waals surface area (Å²) in [7, 11) is 1.67. The van der Waals surface area contributed by atoms with Gasteiger partial charge in [-0.25, -0.2) is 10.8 Å². The summed E-state index contributed by atoms with van der Waals surface area (Å²) in [6.07, 6.45) is 3.91. The van der Waals surface area contributed by atoms with E-state index in [9.17, 15) is 0 Å². The molecule has 6 heteroatoms. The number of nitrogens with two attached hydrogens (primary N) is 1. The van der Waals surface area contributed by atoms with Crippen molar-refractivity contribution >= 4 is 5.96 Å². The van der Waals surface area contributed by atoms with Gasteiger partial charge in [-0.3, -0.25) is 10.3 Å². The minimum absolute atomic E-state index is 0.466. The van der Waals surface area contributed by atoms with Crippen molar-refractivity contribution < 1.29 is 4.74 Å². The van der Waals surface area contributed by atoms with Crippen molar-refractivity contribution in [2.75, 3.05) is 33.4 Å². The molecule has 2 aliphatic rings. The Morgan fingerprint density at radius 2 is 2.29 bits per heavy atom. The minimum atomic E-state index is 0.466. The molecule has 2 rings (SSSR count). The largest absolute Gasteiger partial charge is 0.383 e. The predicted octanol–water partition coefficient (Wildman–Crippen LogP) is -0.722. The van der Waals surface area contributed by atoms with Crippen LogP contribution in [-0.2, 0) is 4.74 Å². The fourth-order valence-electron chi connectivity index (χ4n) is 2.25. The molecule has 0 radical (unpaired) electrons. The van der Waals surface area contributed by atoms with Crippen molar-refractivity contribution in [2.24, 2.45) is 10.8 Å². The standard InChI is InChI=1S/C11H23N5O/c1-17-7-5-13-11(15-12)14-9-4-6-16(8-9)10-2-3-10/h9-10H,2-8,12H2,1H3,(H2,13,14,15). The van der Waals surface area contributed by atoms with E-state index >= 15 is 0 Å². The maximum absolute atomic E-state index is 5.44. The number of ether oxygens (including phenoxy) is 1. The van der Waals surface area contributed by atoms with Crippen molar-refractivity contribution in [1.82, 2.24) is 15.6 Å². The van der Waals surface area contributed by atoms with E-state index in [1.807, 2.05) is 0 Å². The molecule has 1 aliphatic carbocycles. The summed E-state index contributed by atoms with van der Waals surface area (Å²) >= 11 is 0. The number of hydrogen-bond donors (Lipinski definition) is 3. The Morgan fingerprint density at radius 1 is 1.47 bits per heavy atom. The number of hydrazine groups is 1. The van der Waals surface area contributed by atoms with Crippen LogP contribution in [0.2, 0.25) is 0 Å². The number of guanidine groups is 1. The van der Waals surface area contributed by atoms with Crippen LogP contribution in [-0.4, -0.2) is 56.3 Å². The summed E-state index contributed by atoms with van der Waals surface area (Å²) in [4.78, 5) is 6.86. The topological polar surface area (TPSA) is 74.9 Å². The first-order valence-electron chi connectivity index (χ1n) is 6.34. The monoisotopic (exact) mass is 241 g/mol. The molecule has 1 heterocycles. The number of likely N-dealkylation sites (tertiary alicyclic amines) is 1. The molecule has 0 amide bonds. The lowest BCUT2D eigenvalue weighted by atomic mass is 10.3. The quantitative estimate of drug-likeness (QED) is 0.195. The van der Waals surface area contributed by atoms with Gasteiger partial charge in [0.2, 0.25) is 5.96 Å². The zero-order chi connectivity index (χ0) is 12.1. The van der Waals surface area contributed by atoms with Gasteiger partial charge in [-0.05, 0) is 19.3 Å². The van der Waals surface area contributed by atoms with Gasteiger partial charge in [-0.2, -0.15) is 0 Å². The summed E-state index contributed by atoms with van der Waals surface area (Å²) in [5.41, 5.74) is 2.61. The molecule has 1 atom stereocenters. The normalized spacial score (nSPS) is 26.2. The van der Waals surface area contributed by atoms with Crippen LogP contribution < -0.4 is 16.6 Å². The van der Waals surface area contributed by atoms with Crippen LogP contribution >= 0.6 is 0 Å². The molecule has 1 saturated heterocycles. The summed E-state index contributed by atoms with van der Waals surface area (Å²) < 4.78 is 4.95. The van der Waals surface area contributed by atoms with E-state index in [4.69, 9.17) is 10.6 Å². The van der Waals surface area contributed by atoms with Gasteiger partial charge in [0.15, 0.2) is 0 Å².